The van der Waals surface area contributed by atoms with Crippen LogP contribution in [0, 0.1) is 0 Å². The van der Waals surface area contributed by atoms with E-state index >= 15 is 0 Å². The highest BCUT2D eigenvalue weighted by Crippen LogP contribution is 2.29. The zero-order chi connectivity index (χ0) is 17.0. The van der Waals surface area contributed by atoms with Crippen LogP contribution in [0.4, 0.5) is 0 Å². The molecule has 0 saturated carbocycles. The molecule has 1 aromatic carbocycles. The number of rotatable bonds is 4. The summed E-state index contributed by atoms with van der Waals surface area (Å²) in [6.45, 7) is 9.83. The number of nitrogens with one attached hydrogen (secondary N) is 1. The molecule has 1 N–H and O–H groups in total. The summed E-state index contributed by atoms with van der Waals surface area (Å²) in [5, 5.41) is 3.50. The first kappa shape index (κ1) is 17.1. The summed E-state index contributed by atoms with van der Waals surface area (Å²) in [5.74, 6) is -0.00248. The molecule has 1 aliphatic heterocycles. The van der Waals surface area contributed by atoms with Gasteiger partial charge >= 0.3 is 0 Å². The summed E-state index contributed by atoms with van der Waals surface area (Å²) in [6.07, 6.45) is 9.71. The Labute approximate surface area is 140 Å². The van der Waals surface area contributed by atoms with E-state index in [1.54, 1.807) is 24.3 Å². The SMILES string of the molecule is Bc1ccc2c(c1)CC(C)(C)N/C2=C\C(=O)C(/C=C\C=C)=C/C. The Kier molecular flexibility index (Phi) is 5.10. The monoisotopic (exact) mass is 305 g/mol. The van der Waals surface area contributed by atoms with E-state index in [9.17, 15) is 4.79 Å². The molecule has 0 bridgehead atoms. The van der Waals surface area contributed by atoms with Gasteiger partial charge < -0.3 is 5.32 Å². The second-order valence-corrected chi connectivity index (χ2v) is 6.61. The van der Waals surface area contributed by atoms with Crippen molar-refractivity contribution >= 4 is 24.8 Å². The maximum Gasteiger partial charge on any atom is 0.187 e. The van der Waals surface area contributed by atoms with Crippen LogP contribution in [0.25, 0.3) is 5.70 Å². The lowest BCUT2D eigenvalue weighted by molar-refractivity contribution is -0.111. The summed E-state index contributed by atoms with van der Waals surface area (Å²) in [4.78, 5) is 12.6. The lowest BCUT2D eigenvalue weighted by Gasteiger charge is -2.35. The molecule has 23 heavy (non-hydrogen) atoms. The van der Waals surface area contributed by atoms with Crippen LogP contribution < -0.4 is 10.8 Å². The average Bonchev–Trinajstić information content (AvgIpc) is 2.46. The molecule has 0 saturated heterocycles. The van der Waals surface area contributed by atoms with Gasteiger partial charge in [0.15, 0.2) is 5.78 Å². The minimum Gasteiger partial charge on any atom is -0.379 e. The van der Waals surface area contributed by atoms with Crippen molar-refractivity contribution < 1.29 is 4.79 Å². The second-order valence-electron chi connectivity index (χ2n) is 6.61. The first-order valence-electron chi connectivity index (χ1n) is 7.96. The third-order valence-corrected chi connectivity index (χ3v) is 3.94. The smallest absolute Gasteiger partial charge is 0.187 e. The maximum absolute atomic E-state index is 12.6. The van der Waals surface area contributed by atoms with Gasteiger partial charge in [-0.05, 0) is 32.8 Å². The molecule has 0 unspecified atom stereocenters. The number of ketones is 1. The van der Waals surface area contributed by atoms with Crippen LogP contribution in [-0.4, -0.2) is 19.2 Å². The Balaban J connectivity index is 2.44. The van der Waals surface area contributed by atoms with E-state index in [2.05, 4.69) is 51.8 Å². The van der Waals surface area contributed by atoms with Gasteiger partial charge in [0.1, 0.15) is 7.85 Å². The summed E-state index contributed by atoms with van der Waals surface area (Å²) in [7, 11) is 2.10. The fourth-order valence-corrected chi connectivity index (χ4v) is 2.90. The molecular formula is C20H24BNO. The third-order valence-electron chi connectivity index (χ3n) is 3.94. The standard InChI is InChI=1S/C20H24BNO/c1-5-7-8-14(6-2)19(23)12-18-17-10-9-16(21)11-15(17)13-20(3,4)22-18/h5-12,22H,1,13,21H2,2-4H3/b8-7-,14-6+,18-12-. The third kappa shape index (κ3) is 4.13. The van der Waals surface area contributed by atoms with Crippen LogP contribution in [0.15, 0.2) is 60.7 Å². The predicted molar refractivity (Wildman–Crippen MR) is 102 cm³/mol. The molecule has 3 heteroatoms. The number of carbonyl (C=O) groups excluding carboxylic acids is 1. The Morgan fingerprint density at radius 1 is 1.39 bits per heavy atom. The molecule has 0 spiro atoms. The summed E-state index contributed by atoms with van der Waals surface area (Å²) in [5.41, 5.74) is 5.14. The van der Waals surface area contributed by atoms with E-state index in [1.807, 2.05) is 13.0 Å². The van der Waals surface area contributed by atoms with Crippen molar-refractivity contribution in [2.75, 3.05) is 0 Å². The summed E-state index contributed by atoms with van der Waals surface area (Å²) < 4.78 is 0. The molecule has 0 atom stereocenters. The van der Waals surface area contributed by atoms with Crippen molar-refractivity contribution in [2.45, 2.75) is 32.7 Å². The van der Waals surface area contributed by atoms with Crippen molar-refractivity contribution in [2.24, 2.45) is 0 Å². The van der Waals surface area contributed by atoms with E-state index in [-0.39, 0.29) is 11.3 Å². The van der Waals surface area contributed by atoms with Gasteiger partial charge in [-0.25, -0.2) is 0 Å². The predicted octanol–water partition coefficient (Wildman–Crippen LogP) is 2.47. The van der Waals surface area contributed by atoms with Crippen molar-refractivity contribution in [1.82, 2.24) is 5.32 Å². The second kappa shape index (κ2) is 6.87. The van der Waals surface area contributed by atoms with Gasteiger partial charge in [-0.15, -0.1) is 0 Å². The molecular weight excluding hydrogens is 281 g/mol. The van der Waals surface area contributed by atoms with Crippen LogP contribution in [0.5, 0.6) is 0 Å². The Morgan fingerprint density at radius 3 is 2.78 bits per heavy atom. The molecule has 0 aliphatic carbocycles. The minimum absolute atomic E-state index is 0.00248. The van der Waals surface area contributed by atoms with E-state index in [4.69, 9.17) is 0 Å². The van der Waals surface area contributed by atoms with Gasteiger partial charge in [0.05, 0.1) is 0 Å². The molecule has 0 amide bonds. The van der Waals surface area contributed by atoms with Crippen molar-refractivity contribution in [1.29, 1.82) is 0 Å². The van der Waals surface area contributed by atoms with Gasteiger partial charge in [0, 0.05) is 28.4 Å². The highest BCUT2D eigenvalue weighted by atomic mass is 16.1. The molecule has 1 aliphatic rings. The zero-order valence-corrected chi connectivity index (χ0v) is 14.4. The molecule has 0 radical (unpaired) electrons. The van der Waals surface area contributed by atoms with Gasteiger partial charge in [-0.3, -0.25) is 4.79 Å². The first-order valence-corrected chi connectivity index (χ1v) is 7.96. The molecule has 1 aromatic rings. The number of allylic oxidation sites excluding steroid dienone is 6. The van der Waals surface area contributed by atoms with Gasteiger partial charge in [0.2, 0.25) is 0 Å². The average molecular weight is 305 g/mol. The molecule has 0 aromatic heterocycles. The highest BCUT2D eigenvalue weighted by molar-refractivity contribution is 6.32. The molecule has 2 rings (SSSR count). The normalized spacial score (nSPS) is 18.6. The quantitative estimate of drug-likeness (QED) is 0.526. The number of hydrogen-bond acceptors (Lipinski definition) is 2. The topological polar surface area (TPSA) is 29.1 Å². The van der Waals surface area contributed by atoms with Crippen LogP contribution in [0.2, 0.25) is 0 Å². The van der Waals surface area contributed by atoms with E-state index < -0.39 is 0 Å². The maximum atomic E-state index is 12.6. The number of benzene rings is 1. The van der Waals surface area contributed by atoms with Crippen molar-refractivity contribution in [3.05, 3.63) is 71.9 Å². The Morgan fingerprint density at radius 2 is 2.13 bits per heavy atom. The molecule has 1 heterocycles. The van der Waals surface area contributed by atoms with E-state index in [0.717, 1.165) is 17.7 Å². The van der Waals surface area contributed by atoms with E-state index in [0.29, 0.717) is 5.57 Å². The van der Waals surface area contributed by atoms with Crippen LogP contribution in [0.3, 0.4) is 0 Å². The number of carbonyl (C=O) groups is 1. The van der Waals surface area contributed by atoms with Crippen molar-refractivity contribution in [3.63, 3.8) is 0 Å². The fraction of sp³-hybridized carbons (Fsp3) is 0.250. The highest BCUT2D eigenvalue weighted by Gasteiger charge is 2.27. The van der Waals surface area contributed by atoms with Crippen LogP contribution in [0.1, 0.15) is 31.9 Å². The Bertz CT molecular complexity index is 723. The van der Waals surface area contributed by atoms with Crippen LogP contribution >= 0.6 is 0 Å². The molecule has 118 valence electrons. The Hall–Kier alpha value is -2.29. The first-order chi connectivity index (χ1) is 10.9. The summed E-state index contributed by atoms with van der Waals surface area (Å²) in [6, 6.07) is 6.40. The van der Waals surface area contributed by atoms with Gasteiger partial charge in [0.25, 0.3) is 0 Å². The summed E-state index contributed by atoms with van der Waals surface area (Å²) >= 11 is 0. The minimum atomic E-state index is -0.0695. The van der Waals surface area contributed by atoms with Crippen LogP contribution in [-0.2, 0) is 11.2 Å². The zero-order valence-electron chi connectivity index (χ0n) is 14.4. The lowest BCUT2D eigenvalue weighted by Crippen LogP contribution is -2.44. The molecule has 2 nitrogen and oxygen atoms in total. The van der Waals surface area contributed by atoms with Crippen molar-refractivity contribution in [3.8, 4) is 0 Å². The van der Waals surface area contributed by atoms with Gasteiger partial charge in [-0.2, -0.15) is 0 Å². The van der Waals surface area contributed by atoms with Gasteiger partial charge in [-0.1, -0.05) is 54.5 Å². The number of fused-ring (bicyclic) bond motifs is 1. The molecule has 0 fully saturated rings. The fourth-order valence-electron chi connectivity index (χ4n) is 2.90. The largest absolute Gasteiger partial charge is 0.379 e. The number of hydrogen-bond donors (Lipinski definition) is 1. The lowest BCUT2D eigenvalue weighted by atomic mass is 9.82. The van der Waals surface area contributed by atoms with E-state index in [1.165, 1.54) is 11.0 Å².